The monoisotopic (exact) mass is 278 g/mol. The van der Waals surface area contributed by atoms with Gasteiger partial charge in [-0.25, -0.2) is 9.97 Å². The Hall–Kier alpha value is -1.36. The number of nitrogens with zero attached hydrogens (tertiary/aromatic N) is 3. The highest BCUT2D eigenvalue weighted by molar-refractivity contribution is 7.11. The smallest absolute Gasteiger partial charge is 0.203 e. The van der Waals surface area contributed by atoms with Crippen molar-refractivity contribution in [2.45, 2.75) is 53.1 Å². The lowest BCUT2D eigenvalue weighted by atomic mass is 10.3. The molecule has 104 valence electrons. The Kier molecular flexibility index (Phi) is 4.24. The molecule has 0 aliphatic rings. The van der Waals surface area contributed by atoms with Crippen LogP contribution in [0, 0.1) is 6.92 Å². The summed E-state index contributed by atoms with van der Waals surface area (Å²) in [5.41, 5.74) is 1.03. The van der Waals surface area contributed by atoms with Gasteiger partial charge in [0.05, 0.1) is 11.7 Å². The van der Waals surface area contributed by atoms with E-state index in [1.54, 1.807) is 11.3 Å². The van der Waals surface area contributed by atoms with Gasteiger partial charge in [0.15, 0.2) is 0 Å². The van der Waals surface area contributed by atoms with E-state index in [1.807, 2.05) is 13.1 Å². The van der Waals surface area contributed by atoms with Crippen LogP contribution in [0.4, 0.5) is 5.95 Å². The van der Waals surface area contributed by atoms with Gasteiger partial charge in [0, 0.05) is 23.3 Å². The molecule has 2 rings (SSSR count). The number of aromatic nitrogens is 3. The molecule has 0 aromatic carbocycles. The molecule has 1 N–H and O–H groups in total. The highest BCUT2D eigenvalue weighted by Gasteiger charge is 2.17. The molecule has 0 fully saturated rings. The SMILES string of the molecule is CCc1cnc(C(C)n2cc(C)nc2NC(C)C)s1. The van der Waals surface area contributed by atoms with Gasteiger partial charge in [0.25, 0.3) is 0 Å². The maximum Gasteiger partial charge on any atom is 0.203 e. The normalized spacial score (nSPS) is 12.9. The molecule has 5 heteroatoms. The standard InChI is InChI=1S/C14H22N4S/c1-6-12-7-15-13(19-12)11(5)18-8-10(4)17-14(18)16-9(2)3/h7-9,11H,6H2,1-5H3,(H,16,17). The summed E-state index contributed by atoms with van der Waals surface area (Å²) in [7, 11) is 0. The molecule has 1 unspecified atom stereocenters. The van der Waals surface area contributed by atoms with Gasteiger partial charge in [-0.15, -0.1) is 11.3 Å². The summed E-state index contributed by atoms with van der Waals surface area (Å²) in [6.45, 7) is 10.6. The summed E-state index contributed by atoms with van der Waals surface area (Å²) >= 11 is 1.79. The third kappa shape index (κ3) is 3.15. The van der Waals surface area contributed by atoms with Crippen molar-refractivity contribution < 1.29 is 0 Å². The molecule has 0 saturated heterocycles. The first-order chi connectivity index (χ1) is 9.01. The maximum absolute atomic E-state index is 4.55. The van der Waals surface area contributed by atoms with Crippen molar-refractivity contribution in [2.24, 2.45) is 0 Å². The molecule has 4 nitrogen and oxygen atoms in total. The van der Waals surface area contributed by atoms with Crippen molar-refractivity contribution >= 4 is 17.3 Å². The van der Waals surface area contributed by atoms with Gasteiger partial charge < -0.3 is 9.88 Å². The second kappa shape index (κ2) is 5.74. The van der Waals surface area contributed by atoms with E-state index in [2.05, 4.69) is 53.7 Å². The van der Waals surface area contributed by atoms with Crippen molar-refractivity contribution in [1.82, 2.24) is 14.5 Å². The summed E-state index contributed by atoms with van der Waals surface area (Å²) < 4.78 is 2.17. The van der Waals surface area contributed by atoms with Gasteiger partial charge in [0.2, 0.25) is 5.95 Å². The first-order valence-electron chi connectivity index (χ1n) is 6.77. The molecule has 0 radical (unpaired) electrons. The Labute approximate surface area is 118 Å². The van der Waals surface area contributed by atoms with Crippen molar-refractivity contribution in [1.29, 1.82) is 0 Å². The minimum Gasteiger partial charge on any atom is -0.353 e. The molecule has 0 saturated carbocycles. The van der Waals surface area contributed by atoms with Gasteiger partial charge >= 0.3 is 0 Å². The number of anilines is 1. The van der Waals surface area contributed by atoms with E-state index in [9.17, 15) is 0 Å². The van der Waals surface area contributed by atoms with Gasteiger partial charge in [0.1, 0.15) is 5.01 Å². The third-order valence-electron chi connectivity index (χ3n) is 2.97. The van der Waals surface area contributed by atoms with Gasteiger partial charge in [-0.05, 0) is 34.1 Å². The summed E-state index contributed by atoms with van der Waals surface area (Å²) in [6, 6.07) is 0.586. The van der Waals surface area contributed by atoms with Crippen molar-refractivity contribution in [3.05, 3.63) is 28.0 Å². The Morgan fingerprint density at radius 2 is 2.11 bits per heavy atom. The number of hydrogen-bond donors (Lipinski definition) is 1. The molecule has 0 aliphatic heterocycles. The van der Waals surface area contributed by atoms with E-state index in [-0.39, 0.29) is 6.04 Å². The maximum atomic E-state index is 4.55. The topological polar surface area (TPSA) is 42.7 Å². The average molecular weight is 278 g/mol. The number of thiazole rings is 1. The molecule has 0 amide bonds. The number of nitrogens with one attached hydrogen (secondary N) is 1. The fraction of sp³-hybridized carbons (Fsp3) is 0.571. The number of rotatable bonds is 5. The molecule has 0 aliphatic carbocycles. The van der Waals surface area contributed by atoms with Crippen LogP contribution >= 0.6 is 11.3 Å². The minimum absolute atomic E-state index is 0.216. The second-order valence-corrected chi connectivity index (χ2v) is 6.25. The molecule has 0 bridgehead atoms. The highest BCUT2D eigenvalue weighted by Crippen LogP contribution is 2.27. The van der Waals surface area contributed by atoms with E-state index < -0.39 is 0 Å². The molecule has 2 aromatic rings. The van der Waals surface area contributed by atoms with Gasteiger partial charge in [-0.3, -0.25) is 0 Å². The summed E-state index contributed by atoms with van der Waals surface area (Å²) in [6.07, 6.45) is 5.11. The number of hydrogen-bond acceptors (Lipinski definition) is 4. The van der Waals surface area contributed by atoms with E-state index >= 15 is 0 Å². The first kappa shape index (κ1) is 14.1. The van der Waals surface area contributed by atoms with E-state index in [1.165, 1.54) is 4.88 Å². The van der Waals surface area contributed by atoms with Crippen LogP contribution in [-0.4, -0.2) is 20.6 Å². The zero-order valence-electron chi connectivity index (χ0n) is 12.3. The fourth-order valence-electron chi connectivity index (χ4n) is 1.97. The third-order valence-corrected chi connectivity index (χ3v) is 4.28. The van der Waals surface area contributed by atoms with Crippen LogP contribution in [0.5, 0.6) is 0 Å². The van der Waals surface area contributed by atoms with Crippen LogP contribution in [0.15, 0.2) is 12.4 Å². The predicted octanol–water partition coefficient (Wildman–Crippen LogP) is 3.64. The quantitative estimate of drug-likeness (QED) is 0.908. The Morgan fingerprint density at radius 3 is 2.68 bits per heavy atom. The Balaban J connectivity index is 2.29. The van der Waals surface area contributed by atoms with Gasteiger partial charge in [-0.1, -0.05) is 6.92 Å². The van der Waals surface area contributed by atoms with Crippen molar-refractivity contribution in [2.75, 3.05) is 5.32 Å². The molecule has 1 atom stereocenters. The van der Waals surface area contributed by atoms with E-state index in [4.69, 9.17) is 0 Å². The van der Waals surface area contributed by atoms with Gasteiger partial charge in [-0.2, -0.15) is 0 Å². The lowest BCUT2D eigenvalue weighted by Gasteiger charge is -2.16. The van der Waals surface area contributed by atoms with Crippen LogP contribution in [0.2, 0.25) is 0 Å². The summed E-state index contributed by atoms with van der Waals surface area (Å²) in [5, 5.41) is 4.53. The average Bonchev–Trinajstić information content (AvgIpc) is 2.94. The predicted molar refractivity (Wildman–Crippen MR) is 81.0 cm³/mol. The molecular formula is C14H22N4S. The lowest BCUT2D eigenvalue weighted by Crippen LogP contribution is -2.16. The number of aryl methyl sites for hydroxylation is 2. The summed E-state index contributed by atoms with van der Waals surface area (Å²) in [5.74, 6) is 0.924. The van der Waals surface area contributed by atoms with Crippen LogP contribution in [0.1, 0.15) is 49.3 Å². The molecule has 2 aromatic heterocycles. The Morgan fingerprint density at radius 1 is 1.37 bits per heavy atom. The van der Waals surface area contributed by atoms with Crippen molar-refractivity contribution in [3.8, 4) is 0 Å². The fourth-order valence-corrected chi connectivity index (χ4v) is 2.88. The minimum atomic E-state index is 0.216. The molecule has 0 spiro atoms. The molecule has 19 heavy (non-hydrogen) atoms. The van der Waals surface area contributed by atoms with Crippen molar-refractivity contribution in [3.63, 3.8) is 0 Å². The van der Waals surface area contributed by atoms with E-state index in [0.29, 0.717) is 6.04 Å². The van der Waals surface area contributed by atoms with Crippen LogP contribution in [0.25, 0.3) is 0 Å². The molecular weight excluding hydrogens is 256 g/mol. The van der Waals surface area contributed by atoms with E-state index in [0.717, 1.165) is 23.1 Å². The zero-order chi connectivity index (χ0) is 14.0. The summed E-state index contributed by atoms with van der Waals surface area (Å²) in [4.78, 5) is 10.4. The largest absolute Gasteiger partial charge is 0.353 e. The van der Waals surface area contributed by atoms with Crippen LogP contribution in [-0.2, 0) is 6.42 Å². The highest BCUT2D eigenvalue weighted by atomic mass is 32.1. The zero-order valence-corrected chi connectivity index (χ0v) is 13.1. The molecule has 2 heterocycles. The Bertz CT molecular complexity index is 541. The lowest BCUT2D eigenvalue weighted by molar-refractivity contribution is 0.634. The number of imidazole rings is 1. The van der Waals surface area contributed by atoms with Crippen LogP contribution in [0.3, 0.4) is 0 Å². The first-order valence-corrected chi connectivity index (χ1v) is 7.59. The van der Waals surface area contributed by atoms with Crippen LogP contribution < -0.4 is 5.32 Å². The second-order valence-electron chi connectivity index (χ2n) is 5.11.